The smallest absolute Gasteiger partial charge is 0.302 e. The Hall–Kier alpha value is -2.50. The van der Waals surface area contributed by atoms with Crippen LogP contribution < -0.4 is 0 Å². The number of likely N-dealkylation sites (N-methyl/N-ethyl adjacent to an activating group) is 1. The SMILES string of the molecule is COC1=C(C)C(=O)C2=C(C1=O)[C@@H](COC(C)=O)N1[C@@H](C2)CN(C)C[C@H]1C#N. The van der Waals surface area contributed by atoms with Gasteiger partial charge in [-0.05, 0) is 20.4 Å². The molecule has 27 heavy (non-hydrogen) atoms. The molecule has 0 aromatic rings. The predicted molar refractivity (Wildman–Crippen MR) is 94.3 cm³/mol. The van der Waals surface area contributed by atoms with Gasteiger partial charge in [0.1, 0.15) is 12.6 Å². The first-order chi connectivity index (χ1) is 12.8. The maximum absolute atomic E-state index is 13.1. The lowest BCUT2D eigenvalue weighted by Gasteiger charge is -2.50. The maximum Gasteiger partial charge on any atom is 0.302 e. The molecule has 2 heterocycles. The molecule has 1 saturated heterocycles. The molecule has 8 nitrogen and oxygen atoms in total. The highest BCUT2D eigenvalue weighted by molar-refractivity contribution is 6.25. The second-order valence-electron chi connectivity index (χ2n) is 7.20. The third-order valence-corrected chi connectivity index (χ3v) is 5.45. The van der Waals surface area contributed by atoms with Gasteiger partial charge in [-0.1, -0.05) is 0 Å². The Labute approximate surface area is 158 Å². The Kier molecular flexibility index (Phi) is 5.18. The van der Waals surface area contributed by atoms with E-state index in [0.29, 0.717) is 36.2 Å². The molecule has 1 fully saturated rings. The van der Waals surface area contributed by atoms with E-state index in [-0.39, 0.29) is 30.0 Å². The molecule has 0 aromatic heterocycles. The summed E-state index contributed by atoms with van der Waals surface area (Å²) in [5, 5.41) is 9.67. The van der Waals surface area contributed by atoms with Gasteiger partial charge in [0.15, 0.2) is 11.5 Å². The average molecular weight is 373 g/mol. The van der Waals surface area contributed by atoms with E-state index in [1.165, 1.54) is 14.0 Å². The average Bonchev–Trinajstić information content (AvgIpc) is 2.62. The number of piperazine rings is 1. The second-order valence-corrected chi connectivity index (χ2v) is 7.20. The zero-order valence-corrected chi connectivity index (χ0v) is 15.9. The molecule has 3 aliphatic rings. The number of carbonyl (C=O) groups is 3. The van der Waals surface area contributed by atoms with Gasteiger partial charge in [0, 0.05) is 42.8 Å². The normalized spacial score (nSPS) is 29.2. The van der Waals surface area contributed by atoms with Gasteiger partial charge >= 0.3 is 5.97 Å². The summed E-state index contributed by atoms with van der Waals surface area (Å²) < 4.78 is 10.4. The van der Waals surface area contributed by atoms with Crippen molar-refractivity contribution in [2.75, 3.05) is 33.9 Å². The van der Waals surface area contributed by atoms with Gasteiger partial charge in [-0.25, -0.2) is 0 Å². The van der Waals surface area contributed by atoms with E-state index in [0.717, 1.165) is 0 Å². The number of nitrogens with zero attached hydrogens (tertiary/aromatic N) is 3. The van der Waals surface area contributed by atoms with Gasteiger partial charge in [-0.15, -0.1) is 0 Å². The van der Waals surface area contributed by atoms with Crippen molar-refractivity contribution in [3.63, 3.8) is 0 Å². The van der Waals surface area contributed by atoms with Gasteiger partial charge < -0.3 is 14.4 Å². The summed E-state index contributed by atoms with van der Waals surface area (Å²) in [4.78, 5) is 41.4. The number of hydrogen-bond donors (Lipinski definition) is 0. The number of ketones is 2. The van der Waals surface area contributed by atoms with Crippen LogP contribution >= 0.6 is 0 Å². The van der Waals surface area contributed by atoms with E-state index in [4.69, 9.17) is 9.47 Å². The number of methoxy groups -OCH3 is 1. The van der Waals surface area contributed by atoms with E-state index in [1.807, 2.05) is 16.8 Å². The fraction of sp³-hybridized carbons (Fsp3) is 0.579. The lowest BCUT2D eigenvalue weighted by atomic mass is 9.77. The summed E-state index contributed by atoms with van der Waals surface area (Å²) in [6.07, 6.45) is 0.382. The van der Waals surface area contributed by atoms with Gasteiger partial charge in [-0.2, -0.15) is 5.26 Å². The minimum atomic E-state index is -0.643. The summed E-state index contributed by atoms with van der Waals surface area (Å²) in [7, 11) is 3.28. The van der Waals surface area contributed by atoms with Gasteiger partial charge in [-0.3, -0.25) is 19.3 Å². The molecular formula is C19H23N3O5. The van der Waals surface area contributed by atoms with Crippen LogP contribution in [0.25, 0.3) is 0 Å². The van der Waals surface area contributed by atoms with E-state index in [9.17, 15) is 19.6 Å². The van der Waals surface area contributed by atoms with Crippen LogP contribution in [-0.2, 0) is 23.9 Å². The Morgan fingerprint density at radius 3 is 2.59 bits per heavy atom. The summed E-state index contributed by atoms with van der Waals surface area (Å²) >= 11 is 0. The van der Waals surface area contributed by atoms with Gasteiger partial charge in [0.05, 0.1) is 19.2 Å². The maximum atomic E-state index is 13.1. The first-order valence-corrected chi connectivity index (χ1v) is 8.86. The van der Waals surface area contributed by atoms with E-state index in [2.05, 4.69) is 6.07 Å². The van der Waals surface area contributed by atoms with Crippen molar-refractivity contribution >= 4 is 17.5 Å². The molecule has 0 unspecified atom stereocenters. The van der Waals surface area contributed by atoms with Crippen molar-refractivity contribution in [2.24, 2.45) is 0 Å². The Bertz CT molecular complexity index is 807. The quantitative estimate of drug-likeness (QED) is 0.511. The predicted octanol–water partition coefficient (Wildman–Crippen LogP) is 0.199. The zero-order valence-electron chi connectivity index (χ0n) is 15.9. The standard InChI is InChI=1S/C19H23N3O5/c1-10-17(24)14-5-12-7-21(3)8-13(6-20)22(12)15(9-27-11(2)23)16(14)18(25)19(10)26-4/h12-13,15H,5,7-9H2,1-4H3/t12-,13+,15+/m0/s1. The van der Waals surface area contributed by atoms with Crippen LogP contribution in [0.2, 0.25) is 0 Å². The third kappa shape index (κ3) is 3.17. The van der Waals surface area contributed by atoms with Crippen LogP contribution in [0.15, 0.2) is 22.5 Å². The van der Waals surface area contributed by atoms with Crippen LogP contribution in [0.4, 0.5) is 0 Å². The minimum absolute atomic E-state index is 0.0210. The molecule has 2 aliphatic heterocycles. The Morgan fingerprint density at radius 2 is 2.00 bits per heavy atom. The van der Waals surface area contributed by atoms with Crippen LogP contribution in [0.5, 0.6) is 0 Å². The van der Waals surface area contributed by atoms with Crippen molar-refractivity contribution in [2.45, 2.75) is 38.4 Å². The number of carbonyl (C=O) groups excluding carboxylic acids is 3. The fourth-order valence-corrected chi connectivity index (χ4v) is 4.35. The lowest BCUT2D eigenvalue weighted by Crippen LogP contribution is -2.65. The van der Waals surface area contributed by atoms with Crippen LogP contribution in [0.1, 0.15) is 20.3 Å². The molecule has 3 rings (SSSR count). The topological polar surface area (TPSA) is 99.9 Å². The van der Waals surface area contributed by atoms with Crippen molar-refractivity contribution < 1.29 is 23.9 Å². The molecule has 8 heteroatoms. The summed E-state index contributed by atoms with van der Waals surface area (Å²) in [5.41, 5.74) is 1.04. The second kappa shape index (κ2) is 7.25. The number of rotatable bonds is 3. The van der Waals surface area contributed by atoms with Crippen LogP contribution in [0, 0.1) is 11.3 Å². The lowest BCUT2D eigenvalue weighted by molar-refractivity contribution is -0.144. The highest BCUT2D eigenvalue weighted by Gasteiger charge is 2.49. The number of ether oxygens (including phenoxy) is 2. The molecule has 144 valence electrons. The molecule has 0 spiro atoms. The number of fused-ring (bicyclic) bond motifs is 1. The first-order valence-electron chi connectivity index (χ1n) is 8.86. The largest absolute Gasteiger partial charge is 0.492 e. The van der Waals surface area contributed by atoms with Crippen molar-refractivity contribution in [3.05, 3.63) is 22.5 Å². The monoisotopic (exact) mass is 373 g/mol. The number of hydrogen-bond acceptors (Lipinski definition) is 8. The minimum Gasteiger partial charge on any atom is -0.492 e. The van der Waals surface area contributed by atoms with Crippen LogP contribution in [0.3, 0.4) is 0 Å². The molecule has 3 atom stereocenters. The van der Waals surface area contributed by atoms with Crippen molar-refractivity contribution in [1.82, 2.24) is 9.80 Å². The molecule has 0 amide bonds. The number of nitriles is 1. The first kappa shape index (κ1) is 19.3. The number of esters is 1. The van der Waals surface area contributed by atoms with Gasteiger partial charge in [0.2, 0.25) is 5.78 Å². The van der Waals surface area contributed by atoms with Crippen molar-refractivity contribution in [1.29, 1.82) is 5.26 Å². The molecule has 0 aromatic carbocycles. The van der Waals surface area contributed by atoms with Crippen molar-refractivity contribution in [3.8, 4) is 6.07 Å². The molecule has 0 N–H and O–H groups in total. The highest BCUT2D eigenvalue weighted by Crippen LogP contribution is 2.39. The molecule has 0 saturated carbocycles. The Balaban J connectivity index is 2.11. The Morgan fingerprint density at radius 1 is 1.30 bits per heavy atom. The zero-order chi connectivity index (χ0) is 19.9. The third-order valence-electron chi connectivity index (χ3n) is 5.45. The summed E-state index contributed by atoms with van der Waals surface area (Å²) in [6.45, 7) is 3.97. The van der Waals surface area contributed by atoms with E-state index in [1.54, 1.807) is 6.92 Å². The molecule has 0 radical (unpaired) electrons. The molecular weight excluding hydrogens is 350 g/mol. The van der Waals surface area contributed by atoms with E-state index < -0.39 is 18.1 Å². The molecule has 0 bridgehead atoms. The number of allylic oxidation sites excluding steroid dienone is 2. The fourth-order valence-electron chi connectivity index (χ4n) is 4.35. The summed E-state index contributed by atoms with van der Waals surface area (Å²) in [5.74, 6) is -1.03. The summed E-state index contributed by atoms with van der Waals surface area (Å²) in [6, 6.07) is 1.07. The van der Waals surface area contributed by atoms with Gasteiger partial charge in [0.25, 0.3) is 0 Å². The number of Topliss-reactive ketones (excluding diaryl/α,β-unsaturated/α-hetero) is 2. The van der Waals surface area contributed by atoms with Crippen LogP contribution in [-0.4, -0.2) is 79.3 Å². The highest BCUT2D eigenvalue weighted by atomic mass is 16.5. The molecule has 1 aliphatic carbocycles. The van der Waals surface area contributed by atoms with E-state index >= 15 is 0 Å².